The van der Waals surface area contributed by atoms with Crippen molar-refractivity contribution in [3.8, 4) is 17.2 Å². The van der Waals surface area contributed by atoms with Crippen molar-refractivity contribution in [1.82, 2.24) is 10.2 Å². The lowest BCUT2D eigenvalue weighted by molar-refractivity contribution is -0.129. The van der Waals surface area contributed by atoms with Crippen LogP contribution in [0.25, 0.3) is 11.1 Å². The molecule has 126 valence electrons. The molecule has 0 radical (unpaired) electrons. The van der Waals surface area contributed by atoms with Crippen LogP contribution in [0.3, 0.4) is 0 Å². The molecule has 0 aromatic heterocycles. The molecule has 0 spiro atoms. The van der Waals surface area contributed by atoms with Crippen molar-refractivity contribution in [3.63, 3.8) is 0 Å². The summed E-state index contributed by atoms with van der Waals surface area (Å²) in [5, 5.41) is 20.0. The van der Waals surface area contributed by atoms with E-state index in [1.807, 2.05) is 19.1 Å². The average molecular weight is 336 g/mol. The second-order valence-corrected chi connectivity index (χ2v) is 6.32. The van der Waals surface area contributed by atoms with E-state index in [0.717, 1.165) is 5.56 Å². The number of nitrogens with zero attached hydrogens (tertiary/aromatic N) is 2. The Kier molecular flexibility index (Phi) is 4.01. The number of hydrogen-bond acceptors (Lipinski definition) is 3. The lowest BCUT2D eigenvalue weighted by Gasteiger charge is -2.39. The number of guanidine groups is 1. The number of nitriles is 1. The van der Waals surface area contributed by atoms with Crippen LogP contribution in [-0.4, -0.2) is 23.8 Å². The number of rotatable bonds is 2. The van der Waals surface area contributed by atoms with Crippen LogP contribution in [0, 0.1) is 22.6 Å². The Morgan fingerprint density at radius 3 is 2.76 bits per heavy atom. The number of amides is 1. The van der Waals surface area contributed by atoms with Gasteiger partial charge < -0.3 is 5.32 Å². The van der Waals surface area contributed by atoms with Gasteiger partial charge in [0.1, 0.15) is 5.82 Å². The highest BCUT2D eigenvalue weighted by Crippen LogP contribution is 2.32. The zero-order chi connectivity index (χ0) is 18.2. The number of nitrogens with one attached hydrogen (secondary N) is 2. The molecule has 1 heterocycles. The summed E-state index contributed by atoms with van der Waals surface area (Å²) in [6.07, 6.45) is 0.191. The molecule has 5 nitrogen and oxygen atoms in total. The number of benzene rings is 2. The Morgan fingerprint density at radius 1 is 1.32 bits per heavy atom. The summed E-state index contributed by atoms with van der Waals surface area (Å²) in [6, 6.07) is 13.4. The molecule has 0 saturated carbocycles. The van der Waals surface area contributed by atoms with Crippen LogP contribution in [0.2, 0.25) is 0 Å². The van der Waals surface area contributed by atoms with Gasteiger partial charge in [-0.1, -0.05) is 18.2 Å². The highest BCUT2D eigenvalue weighted by atomic mass is 19.1. The summed E-state index contributed by atoms with van der Waals surface area (Å²) >= 11 is 0. The van der Waals surface area contributed by atoms with E-state index in [0.29, 0.717) is 16.7 Å². The maximum absolute atomic E-state index is 14.2. The molecule has 0 bridgehead atoms. The van der Waals surface area contributed by atoms with E-state index in [1.54, 1.807) is 25.2 Å². The monoisotopic (exact) mass is 336 g/mol. The fourth-order valence-electron chi connectivity index (χ4n) is 2.96. The third-order valence-electron chi connectivity index (χ3n) is 4.51. The zero-order valence-electron chi connectivity index (χ0n) is 13.9. The van der Waals surface area contributed by atoms with E-state index >= 15 is 0 Å². The van der Waals surface area contributed by atoms with Gasteiger partial charge in [0, 0.05) is 12.6 Å². The van der Waals surface area contributed by atoms with Gasteiger partial charge in [-0.2, -0.15) is 5.26 Å². The van der Waals surface area contributed by atoms with Gasteiger partial charge in [-0.15, -0.1) is 0 Å². The molecular formula is C19H17FN4O. The van der Waals surface area contributed by atoms with E-state index in [4.69, 9.17) is 10.7 Å². The minimum Gasteiger partial charge on any atom is -0.346 e. The lowest BCUT2D eigenvalue weighted by Crippen LogP contribution is -2.58. The maximum Gasteiger partial charge on any atom is 0.231 e. The molecule has 1 aliphatic heterocycles. The van der Waals surface area contributed by atoms with Gasteiger partial charge in [-0.3, -0.25) is 15.1 Å². The van der Waals surface area contributed by atoms with Gasteiger partial charge in [0.2, 0.25) is 5.91 Å². The van der Waals surface area contributed by atoms with Gasteiger partial charge >= 0.3 is 0 Å². The Morgan fingerprint density at radius 2 is 2.08 bits per heavy atom. The van der Waals surface area contributed by atoms with Crippen molar-refractivity contribution in [1.29, 1.82) is 10.7 Å². The van der Waals surface area contributed by atoms with Crippen LogP contribution < -0.4 is 5.32 Å². The lowest BCUT2D eigenvalue weighted by atomic mass is 9.85. The number of carbonyl (C=O) groups is 1. The van der Waals surface area contributed by atoms with Crippen LogP contribution in [0.5, 0.6) is 0 Å². The van der Waals surface area contributed by atoms with Gasteiger partial charge in [0.15, 0.2) is 5.96 Å². The number of carbonyl (C=O) groups excluding carboxylic acids is 1. The molecule has 0 aliphatic carbocycles. The third kappa shape index (κ3) is 2.96. The molecule has 2 aromatic rings. The largest absolute Gasteiger partial charge is 0.346 e. The minimum atomic E-state index is -0.750. The molecule has 1 fully saturated rings. The predicted molar refractivity (Wildman–Crippen MR) is 92.2 cm³/mol. The van der Waals surface area contributed by atoms with Crippen LogP contribution in [0.15, 0.2) is 42.5 Å². The highest BCUT2D eigenvalue weighted by molar-refractivity contribution is 5.98. The minimum absolute atomic E-state index is 0.0295. The first-order valence-corrected chi connectivity index (χ1v) is 7.78. The third-order valence-corrected chi connectivity index (χ3v) is 4.51. The Balaban J connectivity index is 2.05. The second kappa shape index (κ2) is 6.02. The second-order valence-electron chi connectivity index (χ2n) is 6.32. The van der Waals surface area contributed by atoms with E-state index in [-0.39, 0.29) is 18.3 Å². The Labute approximate surface area is 145 Å². The average Bonchev–Trinajstić information content (AvgIpc) is 2.60. The Bertz CT molecular complexity index is 898. The first-order chi connectivity index (χ1) is 11.8. The molecule has 3 rings (SSSR count). The summed E-state index contributed by atoms with van der Waals surface area (Å²) in [5.41, 5.74) is 1.35. The quantitative estimate of drug-likeness (QED) is 0.885. The summed E-state index contributed by atoms with van der Waals surface area (Å²) in [7, 11) is 1.55. The van der Waals surface area contributed by atoms with E-state index < -0.39 is 11.4 Å². The highest BCUT2D eigenvalue weighted by Gasteiger charge is 2.37. The van der Waals surface area contributed by atoms with Crippen molar-refractivity contribution in [3.05, 3.63) is 59.4 Å². The molecule has 6 heteroatoms. The maximum atomic E-state index is 14.2. The summed E-state index contributed by atoms with van der Waals surface area (Å²) in [6.45, 7) is 1.84. The summed E-state index contributed by atoms with van der Waals surface area (Å²) in [5.74, 6) is -0.544. The van der Waals surface area contributed by atoms with Gasteiger partial charge in [0.25, 0.3) is 0 Å². The van der Waals surface area contributed by atoms with Crippen molar-refractivity contribution >= 4 is 11.9 Å². The van der Waals surface area contributed by atoms with E-state index in [9.17, 15) is 9.18 Å². The van der Waals surface area contributed by atoms with Crippen LogP contribution in [-0.2, 0) is 10.3 Å². The fraction of sp³-hybridized carbons (Fsp3) is 0.211. The normalized spacial score (nSPS) is 20.2. The van der Waals surface area contributed by atoms with Gasteiger partial charge in [-0.25, -0.2) is 4.39 Å². The molecule has 1 atom stereocenters. The first-order valence-electron chi connectivity index (χ1n) is 7.78. The zero-order valence-corrected chi connectivity index (χ0v) is 13.9. The molecule has 0 unspecified atom stereocenters. The van der Waals surface area contributed by atoms with Crippen LogP contribution in [0.1, 0.15) is 24.5 Å². The van der Waals surface area contributed by atoms with Crippen molar-refractivity contribution in [2.45, 2.75) is 18.9 Å². The van der Waals surface area contributed by atoms with Gasteiger partial charge in [-0.05, 0) is 42.3 Å². The number of halogens is 1. The summed E-state index contributed by atoms with van der Waals surface area (Å²) in [4.78, 5) is 13.4. The molecule has 1 amide bonds. The molecule has 1 aliphatic rings. The topological polar surface area (TPSA) is 80.0 Å². The first kappa shape index (κ1) is 16.7. The molecular weight excluding hydrogens is 319 g/mol. The van der Waals surface area contributed by atoms with E-state index in [1.165, 1.54) is 23.1 Å². The van der Waals surface area contributed by atoms with E-state index in [2.05, 4.69) is 5.32 Å². The van der Waals surface area contributed by atoms with Crippen molar-refractivity contribution in [2.24, 2.45) is 0 Å². The predicted octanol–water partition coefficient (Wildman–Crippen LogP) is 2.97. The van der Waals surface area contributed by atoms with Crippen molar-refractivity contribution < 1.29 is 9.18 Å². The Hall–Kier alpha value is -3.20. The smallest absolute Gasteiger partial charge is 0.231 e. The standard InChI is InChI=1S/C19H17FN4O/c1-19(10-17(25)24(2)18(22)23-19)14-5-3-4-13(9-14)15-8-12(11-21)6-7-16(15)20/h3-9H,10H2,1-2H3,(H2,22,23)/t19-/m0/s1. The number of hydrogen-bond donors (Lipinski definition) is 2. The van der Waals surface area contributed by atoms with Crippen LogP contribution in [0.4, 0.5) is 4.39 Å². The molecule has 2 aromatic carbocycles. The SMILES string of the molecule is CN1C(=N)N[C@](C)(c2cccc(-c3cc(C#N)ccc3F)c2)CC1=O. The van der Waals surface area contributed by atoms with Crippen molar-refractivity contribution in [2.75, 3.05) is 7.05 Å². The van der Waals surface area contributed by atoms with Crippen LogP contribution >= 0.6 is 0 Å². The molecule has 1 saturated heterocycles. The van der Waals surface area contributed by atoms with Gasteiger partial charge in [0.05, 0.1) is 23.6 Å². The molecule has 25 heavy (non-hydrogen) atoms. The molecule has 2 N–H and O–H groups in total. The fourth-order valence-corrected chi connectivity index (χ4v) is 2.96. The summed E-state index contributed by atoms with van der Waals surface area (Å²) < 4.78 is 14.2.